The summed E-state index contributed by atoms with van der Waals surface area (Å²) in [5, 5.41) is 3.23. The molecule has 0 heterocycles. The molecule has 0 aliphatic rings. The first kappa shape index (κ1) is 13.5. The third-order valence-electron chi connectivity index (χ3n) is 3.02. The summed E-state index contributed by atoms with van der Waals surface area (Å²) < 4.78 is 14.8. The summed E-state index contributed by atoms with van der Waals surface area (Å²) >= 11 is 2.28. The van der Waals surface area contributed by atoms with Gasteiger partial charge in [-0.3, -0.25) is 0 Å². The van der Waals surface area contributed by atoms with E-state index in [1.807, 2.05) is 19.2 Å². The lowest BCUT2D eigenvalue weighted by Gasteiger charge is -2.18. The molecule has 0 spiro atoms. The minimum Gasteiger partial charge on any atom is -0.309 e. The van der Waals surface area contributed by atoms with Crippen LogP contribution >= 0.6 is 22.6 Å². The van der Waals surface area contributed by atoms with Gasteiger partial charge in [0, 0.05) is 3.57 Å². The number of hydrogen-bond donors (Lipinski definition) is 1. The lowest BCUT2D eigenvalue weighted by atomic mass is 9.98. The minimum absolute atomic E-state index is 0.0251. The third kappa shape index (κ3) is 2.90. The zero-order valence-electron chi connectivity index (χ0n) is 10.4. The molecule has 1 atom stereocenters. The van der Waals surface area contributed by atoms with Crippen molar-refractivity contribution in [2.45, 2.75) is 13.0 Å². The predicted octanol–water partition coefficient (Wildman–Crippen LogP) is 4.05. The molecule has 18 heavy (non-hydrogen) atoms. The van der Waals surface area contributed by atoms with E-state index in [1.54, 1.807) is 13.0 Å². The highest BCUT2D eigenvalue weighted by molar-refractivity contribution is 14.1. The molecule has 2 rings (SSSR count). The summed E-state index contributed by atoms with van der Waals surface area (Å²) in [4.78, 5) is 0. The Balaban J connectivity index is 2.38. The molecule has 0 bridgehead atoms. The molecule has 0 amide bonds. The van der Waals surface area contributed by atoms with Crippen LogP contribution in [0.2, 0.25) is 0 Å². The molecule has 0 aliphatic carbocycles. The molecule has 0 saturated carbocycles. The van der Waals surface area contributed by atoms with E-state index >= 15 is 0 Å². The summed E-state index contributed by atoms with van der Waals surface area (Å²) in [5.41, 5.74) is 2.76. The Hall–Kier alpha value is -0.940. The van der Waals surface area contributed by atoms with Gasteiger partial charge in [-0.15, -0.1) is 0 Å². The van der Waals surface area contributed by atoms with Crippen LogP contribution in [0.3, 0.4) is 0 Å². The Kier molecular flexibility index (Phi) is 4.35. The molecule has 0 aromatic heterocycles. The highest BCUT2D eigenvalue weighted by atomic mass is 127. The van der Waals surface area contributed by atoms with Crippen LogP contribution < -0.4 is 5.32 Å². The number of hydrogen-bond acceptors (Lipinski definition) is 1. The first-order valence-electron chi connectivity index (χ1n) is 5.80. The van der Waals surface area contributed by atoms with Crippen LogP contribution in [0.25, 0.3) is 0 Å². The van der Waals surface area contributed by atoms with Crippen molar-refractivity contribution in [1.82, 2.24) is 5.32 Å². The fraction of sp³-hybridized carbons (Fsp3) is 0.200. The first-order chi connectivity index (χ1) is 8.61. The Morgan fingerprint density at radius 2 is 1.67 bits per heavy atom. The molecule has 1 nitrogen and oxygen atoms in total. The largest absolute Gasteiger partial charge is 0.309 e. The first-order valence-corrected chi connectivity index (χ1v) is 6.88. The van der Waals surface area contributed by atoms with Crippen molar-refractivity contribution in [3.8, 4) is 0 Å². The molecule has 94 valence electrons. The Morgan fingerprint density at radius 1 is 1.06 bits per heavy atom. The standard InChI is InChI=1S/C15H15FIN/c1-10-3-4-12(9-14(10)16)15(18-2)11-5-7-13(17)8-6-11/h3-9,15,18H,1-2H3. The number of benzene rings is 2. The molecular formula is C15H15FIN. The molecule has 3 heteroatoms. The van der Waals surface area contributed by atoms with E-state index in [0.29, 0.717) is 5.56 Å². The number of halogens is 2. The van der Waals surface area contributed by atoms with E-state index in [0.717, 1.165) is 11.1 Å². The highest BCUT2D eigenvalue weighted by Crippen LogP contribution is 2.24. The van der Waals surface area contributed by atoms with Gasteiger partial charge in [0.25, 0.3) is 0 Å². The van der Waals surface area contributed by atoms with E-state index in [4.69, 9.17) is 0 Å². The van der Waals surface area contributed by atoms with Gasteiger partial charge in [0.2, 0.25) is 0 Å². The van der Waals surface area contributed by atoms with Gasteiger partial charge in [0.1, 0.15) is 5.82 Å². The molecule has 1 unspecified atom stereocenters. The Bertz CT molecular complexity index is 537. The van der Waals surface area contributed by atoms with Crippen molar-refractivity contribution in [3.63, 3.8) is 0 Å². The van der Waals surface area contributed by atoms with Crippen molar-refractivity contribution >= 4 is 22.6 Å². The van der Waals surface area contributed by atoms with E-state index in [-0.39, 0.29) is 11.9 Å². The number of aryl methyl sites for hydroxylation is 1. The summed E-state index contributed by atoms with van der Waals surface area (Å²) in [7, 11) is 1.89. The van der Waals surface area contributed by atoms with E-state index in [9.17, 15) is 4.39 Å². The number of rotatable bonds is 3. The van der Waals surface area contributed by atoms with E-state index in [1.165, 1.54) is 3.57 Å². The maximum atomic E-state index is 13.6. The van der Waals surface area contributed by atoms with Gasteiger partial charge in [0.05, 0.1) is 6.04 Å². The van der Waals surface area contributed by atoms with Crippen LogP contribution in [0, 0.1) is 16.3 Å². The molecule has 0 radical (unpaired) electrons. The van der Waals surface area contributed by atoms with Gasteiger partial charge in [-0.2, -0.15) is 0 Å². The summed E-state index contributed by atoms with van der Waals surface area (Å²) in [6.07, 6.45) is 0. The summed E-state index contributed by atoms with van der Waals surface area (Å²) in [5.74, 6) is -0.154. The normalized spacial score (nSPS) is 12.4. The summed E-state index contributed by atoms with van der Waals surface area (Å²) in [6, 6.07) is 13.7. The van der Waals surface area contributed by atoms with Crippen molar-refractivity contribution in [3.05, 3.63) is 68.5 Å². The topological polar surface area (TPSA) is 12.0 Å². The van der Waals surface area contributed by atoms with Gasteiger partial charge in [-0.25, -0.2) is 4.39 Å². The molecule has 0 saturated heterocycles. The van der Waals surface area contributed by atoms with Crippen molar-refractivity contribution < 1.29 is 4.39 Å². The van der Waals surface area contributed by atoms with E-state index in [2.05, 4.69) is 52.2 Å². The van der Waals surface area contributed by atoms with Crippen LogP contribution in [0.15, 0.2) is 42.5 Å². The highest BCUT2D eigenvalue weighted by Gasteiger charge is 2.13. The Labute approximate surface area is 121 Å². The molecule has 1 N–H and O–H groups in total. The second-order valence-electron chi connectivity index (χ2n) is 4.28. The zero-order chi connectivity index (χ0) is 13.1. The minimum atomic E-state index is -0.154. The quantitative estimate of drug-likeness (QED) is 0.820. The monoisotopic (exact) mass is 355 g/mol. The molecule has 0 aliphatic heterocycles. The molecular weight excluding hydrogens is 340 g/mol. The van der Waals surface area contributed by atoms with Gasteiger partial charge < -0.3 is 5.32 Å². The van der Waals surface area contributed by atoms with Crippen LogP contribution in [0.1, 0.15) is 22.7 Å². The van der Waals surface area contributed by atoms with E-state index < -0.39 is 0 Å². The lowest BCUT2D eigenvalue weighted by molar-refractivity contribution is 0.608. The average Bonchev–Trinajstić information content (AvgIpc) is 2.37. The van der Waals surface area contributed by atoms with Crippen LogP contribution in [0.4, 0.5) is 4.39 Å². The van der Waals surface area contributed by atoms with Crippen LogP contribution in [-0.4, -0.2) is 7.05 Å². The molecule has 2 aromatic carbocycles. The maximum Gasteiger partial charge on any atom is 0.126 e. The van der Waals surface area contributed by atoms with Gasteiger partial charge in [-0.05, 0) is 71.5 Å². The van der Waals surface area contributed by atoms with Crippen molar-refractivity contribution in [2.24, 2.45) is 0 Å². The van der Waals surface area contributed by atoms with Gasteiger partial charge in [-0.1, -0.05) is 24.3 Å². The van der Waals surface area contributed by atoms with Crippen molar-refractivity contribution in [2.75, 3.05) is 7.05 Å². The lowest BCUT2D eigenvalue weighted by Crippen LogP contribution is -2.17. The average molecular weight is 355 g/mol. The maximum absolute atomic E-state index is 13.6. The smallest absolute Gasteiger partial charge is 0.126 e. The third-order valence-corrected chi connectivity index (χ3v) is 3.74. The fourth-order valence-electron chi connectivity index (χ4n) is 1.97. The predicted molar refractivity (Wildman–Crippen MR) is 81.2 cm³/mol. The second kappa shape index (κ2) is 5.80. The number of nitrogens with one attached hydrogen (secondary N) is 1. The Morgan fingerprint density at radius 3 is 2.22 bits per heavy atom. The van der Waals surface area contributed by atoms with Crippen LogP contribution in [0.5, 0.6) is 0 Å². The molecule has 2 aromatic rings. The zero-order valence-corrected chi connectivity index (χ0v) is 12.5. The molecule has 0 fully saturated rings. The van der Waals surface area contributed by atoms with Gasteiger partial charge >= 0.3 is 0 Å². The second-order valence-corrected chi connectivity index (χ2v) is 5.53. The SMILES string of the molecule is CNC(c1ccc(I)cc1)c1ccc(C)c(F)c1. The fourth-order valence-corrected chi connectivity index (χ4v) is 2.33. The summed E-state index contributed by atoms with van der Waals surface area (Å²) in [6.45, 7) is 1.78. The van der Waals surface area contributed by atoms with Crippen LogP contribution in [-0.2, 0) is 0 Å². The van der Waals surface area contributed by atoms with Crippen molar-refractivity contribution in [1.29, 1.82) is 0 Å². The van der Waals surface area contributed by atoms with Gasteiger partial charge in [0.15, 0.2) is 0 Å².